The number of hydrogen-bond donors (Lipinski definition) is 0. The number of methoxy groups -OCH3 is 1. The summed E-state index contributed by atoms with van der Waals surface area (Å²) < 4.78 is 15.5. The van der Waals surface area contributed by atoms with E-state index in [0.29, 0.717) is 28.0 Å². The van der Waals surface area contributed by atoms with Gasteiger partial charge in [-0.15, -0.1) is 11.3 Å². The second kappa shape index (κ2) is 7.66. The van der Waals surface area contributed by atoms with Crippen molar-refractivity contribution >= 4 is 28.3 Å². The Labute approximate surface area is 164 Å². The van der Waals surface area contributed by atoms with E-state index in [1.54, 1.807) is 18.2 Å². The van der Waals surface area contributed by atoms with Gasteiger partial charge in [0.1, 0.15) is 22.6 Å². The molecule has 0 fully saturated rings. The van der Waals surface area contributed by atoms with Gasteiger partial charge in [-0.3, -0.25) is 4.79 Å². The van der Waals surface area contributed by atoms with E-state index in [-0.39, 0.29) is 12.0 Å². The Balaban J connectivity index is 1.66. The first-order valence-electron chi connectivity index (χ1n) is 8.42. The number of fused-ring (bicyclic) bond motifs is 1. The smallest absolute Gasteiger partial charge is 0.343 e. The molecule has 2 heterocycles. The van der Waals surface area contributed by atoms with Gasteiger partial charge in [0.15, 0.2) is 6.61 Å². The highest BCUT2D eigenvalue weighted by atomic mass is 32.1. The van der Waals surface area contributed by atoms with Crippen molar-refractivity contribution in [3.05, 3.63) is 70.4 Å². The minimum atomic E-state index is -0.491. The summed E-state index contributed by atoms with van der Waals surface area (Å²) in [6.45, 7) is -0.217. The van der Waals surface area contributed by atoms with Gasteiger partial charge >= 0.3 is 5.97 Å². The van der Waals surface area contributed by atoms with Crippen molar-refractivity contribution in [1.29, 1.82) is 0 Å². The van der Waals surface area contributed by atoms with E-state index in [9.17, 15) is 9.59 Å². The number of thiazole rings is 1. The van der Waals surface area contributed by atoms with Crippen LogP contribution in [0.25, 0.3) is 32.8 Å². The molecule has 4 aromatic rings. The average Bonchev–Trinajstić information content (AvgIpc) is 3.22. The quantitative estimate of drug-likeness (QED) is 0.474. The lowest BCUT2D eigenvalue weighted by atomic mass is 10.1. The van der Waals surface area contributed by atoms with Crippen LogP contribution in [0.3, 0.4) is 0 Å². The predicted molar refractivity (Wildman–Crippen MR) is 107 cm³/mol. The summed E-state index contributed by atoms with van der Waals surface area (Å²) in [5, 5.41) is 3.09. The first-order chi connectivity index (χ1) is 13.7. The van der Waals surface area contributed by atoms with Gasteiger partial charge < -0.3 is 13.9 Å². The fourth-order valence-electron chi connectivity index (χ4n) is 2.69. The second-order valence-electron chi connectivity index (χ2n) is 5.91. The second-order valence-corrected chi connectivity index (χ2v) is 6.76. The van der Waals surface area contributed by atoms with Crippen molar-refractivity contribution in [2.75, 3.05) is 13.7 Å². The lowest BCUT2D eigenvalue weighted by molar-refractivity contribution is -0.142. The molecule has 6 nitrogen and oxygen atoms in total. The van der Waals surface area contributed by atoms with E-state index in [1.807, 2.05) is 35.7 Å². The Morgan fingerprint density at radius 1 is 1.18 bits per heavy atom. The Kier molecular flexibility index (Phi) is 4.90. The summed E-state index contributed by atoms with van der Waals surface area (Å²) in [6, 6.07) is 14.6. The van der Waals surface area contributed by atoms with Crippen LogP contribution >= 0.6 is 11.3 Å². The van der Waals surface area contributed by atoms with E-state index in [0.717, 1.165) is 10.6 Å². The first-order valence-corrected chi connectivity index (χ1v) is 9.30. The molecule has 0 radical (unpaired) electrons. The molecular weight excluding hydrogens is 378 g/mol. The lowest BCUT2D eigenvalue weighted by Crippen LogP contribution is -2.12. The molecule has 0 atom stereocenters. The highest BCUT2D eigenvalue weighted by Gasteiger charge is 2.14. The van der Waals surface area contributed by atoms with Crippen molar-refractivity contribution in [3.63, 3.8) is 0 Å². The molecule has 0 saturated heterocycles. The van der Waals surface area contributed by atoms with E-state index in [1.165, 1.54) is 24.7 Å². The van der Waals surface area contributed by atoms with Crippen LogP contribution in [0.2, 0.25) is 0 Å². The van der Waals surface area contributed by atoms with E-state index in [4.69, 9.17) is 9.15 Å². The van der Waals surface area contributed by atoms with Gasteiger partial charge in [-0.05, 0) is 12.1 Å². The molecule has 0 aliphatic carbocycles. The number of carbonyl (C=O) groups is 1. The molecule has 0 saturated carbocycles. The first kappa shape index (κ1) is 17.9. The zero-order valence-electron chi connectivity index (χ0n) is 14.9. The van der Waals surface area contributed by atoms with Crippen molar-refractivity contribution in [1.82, 2.24) is 4.98 Å². The molecule has 0 spiro atoms. The van der Waals surface area contributed by atoms with E-state index >= 15 is 0 Å². The lowest BCUT2D eigenvalue weighted by Gasteiger charge is -2.06. The van der Waals surface area contributed by atoms with E-state index < -0.39 is 5.97 Å². The number of rotatable bonds is 5. The fourth-order valence-corrected chi connectivity index (χ4v) is 3.51. The summed E-state index contributed by atoms with van der Waals surface area (Å²) in [5.41, 5.74) is 2.16. The Bertz CT molecular complexity index is 1200. The minimum Gasteiger partial charge on any atom is -0.482 e. The molecule has 0 unspecified atom stereocenters. The Morgan fingerprint density at radius 3 is 2.79 bits per heavy atom. The van der Waals surface area contributed by atoms with Crippen LogP contribution in [0.15, 0.2) is 69.4 Å². The third-order valence-electron chi connectivity index (χ3n) is 4.13. The normalized spacial score (nSPS) is 10.8. The summed E-state index contributed by atoms with van der Waals surface area (Å²) in [4.78, 5) is 28.6. The summed E-state index contributed by atoms with van der Waals surface area (Å²) in [6.07, 6.45) is 1.40. The topological polar surface area (TPSA) is 78.6 Å². The van der Waals surface area contributed by atoms with Crippen LogP contribution in [0.4, 0.5) is 0 Å². The van der Waals surface area contributed by atoms with Gasteiger partial charge in [-0.25, -0.2) is 9.78 Å². The molecule has 28 heavy (non-hydrogen) atoms. The number of aromatic nitrogens is 1. The number of benzene rings is 2. The number of esters is 1. The standard InChI is InChI=1S/C21H15NO5S/c1-25-19(23)11-26-14-7-8-15-18(9-14)27-10-16(20(15)24)17-12-28-21(22-17)13-5-3-2-4-6-13/h2-10,12H,11H2,1H3. The fraction of sp³-hybridized carbons (Fsp3) is 0.0952. The Hall–Kier alpha value is -3.45. The van der Waals surface area contributed by atoms with Gasteiger partial charge in [-0.2, -0.15) is 0 Å². The van der Waals surface area contributed by atoms with Crippen LogP contribution < -0.4 is 10.2 Å². The molecule has 140 valence electrons. The minimum absolute atomic E-state index is 0.175. The predicted octanol–water partition coefficient (Wildman–Crippen LogP) is 4.14. The van der Waals surface area contributed by atoms with Crippen molar-refractivity contribution in [2.45, 2.75) is 0 Å². The largest absolute Gasteiger partial charge is 0.482 e. The summed E-state index contributed by atoms with van der Waals surface area (Å²) >= 11 is 1.47. The number of nitrogens with zero attached hydrogens (tertiary/aromatic N) is 1. The molecule has 0 aliphatic heterocycles. The van der Waals surface area contributed by atoms with Crippen molar-refractivity contribution in [2.24, 2.45) is 0 Å². The zero-order valence-corrected chi connectivity index (χ0v) is 15.7. The molecule has 0 bridgehead atoms. The molecule has 0 aliphatic rings. The van der Waals surface area contributed by atoms with Crippen molar-refractivity contribution < 1.29 is 18.7 Å². The molecular formula is C21H15NO5S. The number of hydrogen-bond acceptors (Lipinski definition) is 7. The molecule has 2 aromatic heterocycles. The molecule has 0 N–H and O–H groups in total. The monoisotopic (exact) mass is 393 g/mol. The third-order valence-corrected chi connectivity index (χ3v) is 5.02. The molecule has 4 rings (SSSR count). The summed E-state index contributed by atoms with van der Waals surface area (Å²) in [5.74, 6) is -0.0801. The van der Waals surface area contributed by atoms with E-state index in [2.05, 4.69) is 9.72 Å². The maximum Gasteiger partial charge on any atom is 0.343 e. The average molecular weight is 393 g/mol. The van der Waals surface area contributed by atoms with Crippen LogP contribution in [0, 0.1) is 0 Å². The highest BCUT2D eigenvalue weighted by Crippen LogP contribution is 2.29. The third kappa shape index (κ3) is 3.52. The van der Waals surface area contributed by atoms with Crippen LogP contribution in [0.5, 0.6) is 5.75 Å². The Morgan fingerprint density at radius 2 is 2.00 bits per heavy atom. The maximum atomic E-state index is 12.9. The SMILES string of the molecule is COC(=O)COc1ccc2c(=O)c(-c3csc(-c4ccccc4)n3)coc2c1. The van der Waals surface area contributed by atoms with Crippen molar-refractivity contribution in [3.8, 4) is 27.6 Å². The van der Waals surface area contributed by atoms with Crippen LogP contribution in [0.1, 0.15) is 0 Å². The van der Waals surface area contributed by atoms with Crippen LogP contribution in [-0.4, -0.2) is 24.7 Å². The number of carbonyl (C=O) groups excluding carboxylic acids is 1. The summed E-state index contributed by atoms with van der Waals surface area (Å²) in [7, 11) is 1.29. The maximum absolute atomic E-state index is 12.9. The number of ether oxygens (including phenoxy) is 2. The van der Waals surface area contributed by atoms with Gasteiger partial charge in [0.25, 0.3) is 0 Å². The molecule has 7 heteroatoms. The highest BCUT2D eigenvalue weighted by molar-refractivity contribution is 7.13. The van der Waals surface area contributed by atoms with Crippen LogP contribution in [-0.2, 0) is 9.53 Å². The molecule has 2 aromatic carbocycles. The van der Waals surface area contributed by atoms with Gasteiger partial charge in [0, 0.05) is 17.0 Å². The van der Waals surface area contributed by atoms with Gasteiger partial charge in [0.2, 0.25) is 5.43 Å². The molecule has 0 amide bonds. The zero-order chi connectivity index (χ0) is 19.5. The van der Waals surface area contributed by atoms with Gasteiger partial charge in [-0.1, -0.05) is 30.3 Å². The van der Waals surface area contributed by atoms with Gasteiger partial charge in [0.05, 0.1) is 23.8 Å².